The number of likely N-dealkylation sites (N-methyl/N-ethyl adjacent to an activating group) is 1. The van der Waals surface area contributed by atoms with Gasteiger partial charge in [0.2, 0.25) is 0 Å². The number of nitrogens with zero attached hydrogens (tertiary/aromatic N) is 1. The third-order valence-electron chi connectivity index (χ3n) is 4.35. The van der Waals surface area contributed by atoms with E-state index in [1.165, 1.54) is 57.8 Å². The highest BCUT2D eigenvalue weighted by molar-refractivity contribution is 5.66. The van der Waals surface area contributed by atoms with Crippen molar-refractivity contribution < 1.29 is 19.5 Å². The number of rotatable bonds is 16. The number of carboxylic acids is 1. The van der Waals surface area contributed by atoms with E-state index in [0.29, 0.717) is 11.0 Å². The summed E-state index contributed by atoms with van der Waals surface area (Å²) < 4.78 is 0.506. The molecule has 0 saturated heterocycles. The molecule has 0 fully saturated rings. The van der Waals surface area contributed by atoms with Gasteiger partial charge in [-0.25, -0.2) is 0 Å². The second kappa shape index (κ2) is 13.3. The fraction of sp³-hybridized carbons (Fsp3) is 0.857. The monoisotopic (exact) mass is 355 g/mol. The number of carbonyl (C=O) groups is 1. The molecule has 0 heterocycles. The molecule has 0 amide bonds. The average Bonchev–Trinajstić information content (AvgIpc) is 2.45. The van der Waals surface area contributed by atoms with Gasteiger partial charge in [0, 0.05) is 12.4 Å². The molecular formula is C21H41NO3. The van der Waals surface area contributed by atoms with Gasteiger partial charge >= 0.3 is 0 Å². The molecular weight excluding hydrogens is 314 g/mol. The number of aliphatic carboxylic acids is 1. The number of hydrogen-bond donors (Lipinski definition) is 1. The number of aliphatic hydroxyl groups is 1. The second-order valence-electron chi connectivity index (χ2n) is 8.47. The van der Waals surface area contributed by atoms with E-state index < -0.39 is 11.6 Å². The number of carboxylic acid groups (broad SMARTS) is 1. The Morgan fingerprint density at radius 2 is 1.44 bits per heavy atom. The number of hydrogen-bond acceptors (Lipinski definition) is 3. The van der Waals surface area contributed by atoms with Crippen LogP contribution in [0.25, 0.3) is 0 Å². The van der Waals surface area contributed by atoms with Gasteiger partial charge in [0.05, 0.1) is 21.1 Å². The molecule has 1 N–H and O–H groups in total. The SMILES string of the molecule is CCCCCCCCCCCCC=CC(O)(CC(=O)[O-])C[N+](C)(C)C. The van der Waals surface area contributed by atoms with Crippen LogP contribution < -0.4 is 5.11 Å². The minimum Gasteiger partial charge on any atom is -0.550 e. The van der Waals surface area contributed by atoms with Crippen molar-refractivity contribution in [1.29, 1.82) is 0 Å². The zero-order valence-corrected chi connectivity index (χ0v) is 17.1. The maximum atomic E-state index is 10.9. The maximum Gasteiger partial charge on any atom is 0.137 e. The van der Waals surface area contributed by atoms with E-state index in [1.54, 1.807) is 6.08 Å². The van der Waals surface area contributed by atoms with Gasteiger partial charge in [-0.15, -0.1) is 0 Å². The first kappa shape index (κ1) is 24.1. The topological polar surface area (TPSA) is 60.4 Å². The summed E-state index contributed by atoms with van der Waals surface area (Å²) in [5, 5.41) is 21.5. The van der Waals surface area contributed by atoms with E-state index in [4.69, 9.17) is 0 Å². The van der Waals surface area contributed by atoms with Crippen molar-refractivity contribution in [3.05, 3.63) is 12.2 Å². The lowest BCUT2D eigenvalue weighted by Crippen LogP contribution is -2.50. The van der Waals surface area contributed by atoms with Gasteiger partial charge in [-0.1, -0.05) is 76.9 Å². The van der Waals surface area contributed by atoms with Crippen LogP contribution in [-0.2, 0) is 4.79 Å². The Bertz CT molecular complexity index is 374. The molecule has 1 unspecified atom stereocenters. The highest BCUT2D eigenvalue weighted by Gasteiger charge is 2.30. The predicted molar refractivity (Wildman–Crippen MR) is 103 cm³/mol. The van der Waals surface area contributed by atoms with Gasteiger partial charge in [-0.3, -0.25) is 0 Å². The van der Waals surface area contributed by atoms with Crippen LogP contribution in [0.15, 0.2) is 12.2 Å². The molecule has 0 aromatic carbocycles. The maximum absolute atomic E-state index is 10.9. The van der Waals surface area contributed by atoms with Crippen molar-refractivity contribution in [3.8, 4) is 0 Å². The molecule has 0 aliphatic heterocycles. The highest BCUT2D eigenvalue weighted by atomic mass is 16.4. The Labute approximate surface area is 155 Å². The van der Waals surface area contributed by atoms with E-state index in [-0.39, 0.29) is 6.42 Å². The third kappa shape index (κ3) is 16.4. The molecule has 148 valence electrons. The van der Waals surface area contributed by atoms with Crippen molar-refractivity contribution >= 4 is 5.97 Å². The molecule has 0 aliphatic carbocycles. The fourth-order valence-corrected chi connectivity index (χ4v) is 3.29. The van der Waals surface area contributed by atoms with E-state index >= 15 is 0 Å². The number of carbonyl (C=O) groups excluding carboxylic acids is 1. The molecule has 0 rings (SSSR count). The van der Waals surface area contributed by atoms with Crippen molar-refractivity contribution in [2.75, 3.05) is 27.7 Å². The summed E-state index contributed by atoms with van der Waals surface area (Å²) in [6, 6.07) is 0. The molecule has 0 radical (unpaired) electrons. The summed E-state index contributed by atoms with van der Waals surface area (Å²) in [4.78, 5) is 10.9. The van der Waals surface area contributed by atoms with Crippen molar-refractivity contribution in [1.82, 2.24) is 0 Å². The summed E-state index contributed by atoms with van der Waals surface area (Å²) in [5.74, 6) is -1.21. The molecule has 0 bridgehead atoms. The van der Waals surface area contributed by atoms with E-state index in [0.717, 1.165) is 12.8 Å². The van der Waals surface area contributed by atoms with Crippen LogP contribution in [0.5, 0.6) is 0 Å². The number of quaternary nitrogens is 1. The molecule has 25 heavy (non-hydrogen) atoms. The largest absolute Gasteiger partial charge is 0.550 e. The second-order valence-corrected chi connectivity index (χ2v) is 8.47. The van der Waals surface area contributed by atoms with Gasteiger partial charge in [0.25, 0.3) is 0 Å². The first-order valence-electron chi connectivity index (χ1n) is 10.1. The Balaban J connectivity index is 3.89. The first-order chi connectivity index (χ1) is 11.7. The van der Waals surface area contributed by atoms with Crippen molar-refractivity contribution in [2.24, 2.45) is 0 Å². The van der Waals surface area contributed by atoms with Crippen molar-refractivity contribution in [3.63, 3.8) is 0 Å². The molecule has 0 saturated carbocycles. The summed E-state index contributed by atoms with van der Waals surface area (Å²) >= 11 is 0. The lowest BCUT2D eigenvalue weighted by atomic mass is 9.97. The summed E-state index contributed by atoms with van der Waals surface area (Å²) in [6.45, 7) is 2.60. The van der Waals surface area contributed by atoms with Crippen LogP contribution in [0.3, 0.4) is 0 Å². The van der Waals surface area contributed by atoms with Crippen molar-refractivity contribution in [2.45, 2.75) is 89.6 Å². The van der Waals surface area contributed by atoms with Gasteiger partial charge in [0.1, 0.15) is 12.1 Å². The lowest BCUT2D eigenvalue weighted by molar-refractivity contribution is -0.876. The van der Waals surface area contributed by atoms with E-state index in [9.17, 15) is 15.0 Å². The molecule has 4 heteroatoms. The van der Waals surface area contributed by atoms with Gasteiger partial charge < -0.3 is 19.5 Å². The Hall–Kier alpha value is -0.870. The molecule has 1 atom stereocenters. The Kier molecular flexibility index (Phi) is 12.9. The standard InChI is InChI=1S/C21H41NO3/c1-5-6-7-8-9-10-11-12-13-14-15-16-17-21(25,18-20(23)24)19-22(2,3)4/h16-17,25H,5-15,18-19H2,1-4H3. The van der Waals surface area contributed by atoms with Crippen LogP contribution in [-0.4, -0.2) is 48.8 Å². The van der Waals surface area contributed by atoms with Crippen LogP contribution in [0, 0.1) is 0 Å². The smallest absolute Gasteiger partial charge is 0.137 e. The van der Waals surface area contributed by atoms with Gasteiger partial charge in [-0.2, -0.15) is 0 Å². The third-order valence-corrected chi connectivity index (χ3v) is 4.35. The number of allylic oxidation sites excluding steroid dienone is 1. The van der Waals surface area contributed by atoms with Crippen LogP contribution in [0.4, 0.5) is 0 Å². The van der Waals surface area contributed by atoms with Gasteiger partial charge in [0.15, 0.2) is 0 Å². The Morgan fingerprint density at radius 1 is 0.960 bits per heavy atom. The van der Waals surface area contributed by atoms with E-state index in [1.807, 2.05) is 27.2 Å². The summed E-state index contributed by atoms with van der Waals surface area (Å²) in [6.07, 6.45) is 17.1. The molecule has 0 spiro atoms. The van der Waals surface area contributed by atoms with Crippen LogP contribution in [0.1, 0.15) is 84.0 Å². The van der Waals surface area contributed by atoms with Gasteiger partial charge in [-0.05, 0) is 12.8 Å². The van der Waals surface area contributed by atoms with Crippen LogP contribution >= 0.6 is 0 Å². The average molecular weight is 356 g/mol. The van der Waals surface area contributed by atoms with E-state index in [2.05, 4.69) is 6.92 Å². The molecule has 0 aromatic rings. The fourth-order valence-electron chi connectivity index (χ4n) is 3.29. The minimum atomic E-state index is -1.32. The summed E-state index contributed by atoms with van der Waals surface area (Å²) in [5.41, 5.74) is -1.32. The predicted octanol–water partition coefficient (Wildman–Crippen LogP) is 3.43. The Morgan fingerprint density at radius 3 is 1.88 bits per heavy atom. The molecule has 0 aromatic heterocycles. The quantitative estimate of drug-likeness (QED) is 0.262. The van der Waals surface area contributed by atoms with Crippen LogP contribution in [0.2, 0.25) is 0 Å². The lowest BCUT2D eigenvalue weighted by Gasteiger charge is -2.34. The summed E-state index contributed by atoms with van der Waals surface area (Å²) in [7, 11) is 5.82. The zero-order chi connectivity index (χ0) is 19.2. The first-order valence-corrected chi connectivity index (χ1v) is 10.1. The highest BCUT2D eigenvalue weighted by Crippen LogP contribution is 2.17. The molecule has 4 nitrogen and oxygen atoms in total. The minimum absolute atomic E-state index is 0.350. The zero-order valence-electron chi connectivity index (χ0n) is 17.1. The molecule has 0 aliphatic rings. The normalized spacial score (nSPS) is 14.8. The number of unbranched alkanes of at least 4 members (excludes halogenated alkanes) is 10.